The Morgan fingerprint density at radius 1 is 1.60 bits per heavy atom. The topological polar surface area (TPSA) is 50.1 Å². The smallest absolute Gasteiger partial charge is 0.339 e. The van der Waals surface area contributed by atoms with E-state index in [4.69, 9.17) is 16.9 Å². The van der Waals surface area contributed by atoms with Crippen LogP contribution in [0.4, 0.5) is 0 Å². The fourth-order valence-corrected chi connectivity index (χ4v) is 1.56. The van der Waals surface area contributed by atoms with Gasteiger partial charge in [0.25, 0.3) is 0 Å². The molecule has 0 aliphatic heterocycles. The van der Waals surface area contributed by atoms with Crippen LogP contribution in [0.25, 0.3) is 0 Å². The second-order valence-electron chi connectivity index (χ2n) is 3.03. The van der Waals surface area contributed by atoms with E-state index in [1.54, 1.807) is 19.1 Å². The molecule has 4 heteroatoms. The molecule has 0 bridgehead atoms. The Morgan fingerprint density at radius 2 is 2.27 bits per heavy atom. The maximum atomic E-state index is 11.5. The predicted molar refractivity (Wildman–Crippen MR) is 56.8 cm³/mol. The summed E-state index contributed by atoms with van der Waals surface area (Å²) in [6, 6.07) is 5.49. The van der Waals surface area contributed by atoms with E-state index in [-0.39, 0.29) is 11.4 Å². The third-order valence-corrected chi connectivity index (χ3v) is 2.43. The van der Waals surface area contributed by atoms with Gasteiger partial charge in [-0.25, -0.2) is 4.79 Å². The molecule has 78 valence electrons. The van der Waals surface area contributed by atoms with Gasteiger partial charge in [0.05, 0.1) is 18.2 Å². The third kappa shape index (κ3) is 2.11. The van der Waals surface area contributed by atoms with Crippen molar-refractivity contribution in [2.24, 2.45) is 0 Å². The molecule has 0 radical (unpaired) electrons. The molecule has 0 aliphatic carbocycles. The van der Waals surface area contributed by atoms with Crippen molar-refractivity contribution in [3.8, 4) is 6.07 Å². The van der Waals surface area contributed by atoms with E-state index < -0.39 is 5.97 Å². The molecule has 1 aromatic rings. The standard InChI is InChI=1S/C11H10ClNO2/c1-7-3-4-8(5-12)10(9(7)6-13)11(14)15-2/h3-4H,5H2,1-2H3. The summed E-state index contributed by atoms with van der Waals surface area (Å²) in [4.78, 5) is 11.5. The first-order valence-corrected chi connectivity index (χ1v) is 4.86. The second-order valence-corrected chi connectivity index (χ2v) is 3.30. The van der Waals surface area contributed by atoms with Gasteiger partial charge in [0.1, 0.15) is 6.07 Å². The number of benzene rings is 1. The van der Waals surface area contributed by atoms with Gasteiger partial charge in [0, 0.05) is 5.88 Å². The molecule has 0 atom stereocenters. The number of carbonyl (C=O) groups excluding carboxylic acids is 1. The van der Waals surface area contributed by atoms with E-state index in [9.17, 15) is 4.79 Å². The Bertz CT molecular complexity index is 435. The maximum absolute atomic E-state index is 11.5. The number of rotatable bonds is 2. The number of esters is 1. The lowest BCUT2D eigenvalue weighted by atomic mass is 9.98. The molecule has 0 saturated heterocycles. The molecule has 0 aliphatic rings. The Balaban J connectivity index is 3.49. The fraction of sp³-hybridized carbons (Fsp3) is 0.273. The van der Waals surface area contributed by atoms with Crippen molar-refractivity contribution in [2.45, 2.75) is 12.8 Å². The molecule has 0 saturated carbocycles. The molecule has 0 unspecified atom stereocenters. The van der Waals surface area contributed by atoms with Gasteiger partial charge in [-0.2, -0.15) is 5.26 Å². The summed E-state index contributed by atoms with van der Waals surface area (Å²) in [5.74, 6) is -0.342. The van der Waals surface area contributed by atoms with Gasteiger partial charge in [0.2, 0.25) is 0 Å². The molecule has 3 nitrogen and oxygen atoms in total. The fourth-order valence-electron chi connectivity index (χ4n) is 1.34. The van der Waals surface area contributed by atoms with Crippen LogP contribution >= 0.6 is 11.6 Å². The molecule has 0 fully saturated rings. The van der Waals surface area contributed by atoms with Gasteiger partial charge >= 0.3 is 5.97 Å². The zero-order valence-corrected chi connectivity index (χ0v) is 9.26. The van der Waals surface area contributed by atoms with E-state index in [0.29, 0.717) is 11.1 Å². The van der Waals surface area contributed by atoms with Crippen molar-refractivity contribution >= 4 is 17.6 Å². The average molecular weight is 224 g/mol. The summed E-state index contributed by atoms with van der Waals surface area (Å²) in [7, 11) is 1.28. The Labute approximate surface area is 93.2 Å². The molecule has 0 spiro atoms. The zero-order chi connectivity index (χ0) is 11.4. The minimum absolute atomic E-state index is 0.180. The summed E-state index contributed by atoms with van der Waals surface area (Å²) in [6.07, 6.45) is 0. The van der Waals surface area contributed by atoms with Crippen LogP contribution in [0.2, 0.25) is 0 Å². The molecule has 1 rings (SSSR count). The van der Waals surface area contributed by atoms with Crippen molar-refractivity contribution in [2.75, 3.05) is 7.11 Å². The van der Waals surface area contributed by atoms with Crippen LogP contribution in [0.5, 0.6) is 0 Å². The molecule has 0 N–H and O–H groups in total. The number of aryl methyl sites for hydroxylation is 1. The Morgan fingerprint density at radius 3 is 2.73 bits per heavy atom. The number of hydrogen-bond acceptors (Lipinski definition) is 3. The Kier molecular flexibility index (Phi) is 3.70. The second kappa shape index (κ2) is 4.81. The van der Waals surface area contributed by atoms with Crippen LogP contribution in [-0.2, 0) is 10.6 Å². The van der Waals surface area contributed by atoms with Crippen molar-refractivity contribution in [1.29, 1.82) is 5.26 Å². The van der Waals surface area contributed by atoms with Gasteiger partial charge in [0.15, 0.2) is 0 Å². The lowest BCUT2D eigenvalue weighted by Gasteiger charge is -2.09. The van der Waals surface area contributed by atoms with Crippen LogP contribution < -0.4 is 0 Å². The summed E-state index contributed by atoms with van der Waals surface area (Å²) in [5.41, 5.74) is 1.97. The van der Waals surface area contributed by atoms with Crippen LogP contribution in [0.3, 0.4) is 0 Å². The summed E-state index contributed by atoms with van der Waals surface area (Å²) < 4.78 is 4.63. The third-order valence-electron chi connectivity index (χ3n) is 2.15. The number of carbonyl (C=O) groups is 1. The van der Waals surface area contributed by atoms with E-state index in [2.05, 4.69) is 4.74 Å². The highest BCUT2D eigenvalue weighted by molar-refractivity contribution is 6.17. The minimum Gasteiger partial charge on any atom is -0.465 e. The average Bonchev–Trinajstić information content (AvgIpc) is 2.27. The summed E-state index contributed by atoms with van der Waals surface area (Å²) >= 11 is 5.70. The summed E-state index contributed by atoms with van der Waals surface area (Å²) in [6.45, 7) is 1.77. The molecule has 15 heavy (non-hydrogen) atoms. The lowest BCUT2D eigenvalue weighted by molar-refractivity contribution is 0.0599. The number of hydrogen-bond donors (Lipinski definition) is 0. The van der Waals surface area contributed by atoms with Crippen LogP contribution in [0.15, 0.2) is 12.1 Å². The van der Waals surface area contributed by atoms with E-state index in [0.717, 1.165) is 5.56 Å². The molecular weight excluding hydrogens is 214 g/mol. The quantitative estimate of drug-likeness (QED) is 0.571. The molecular formula is C11H10ClNO2. The highest BCUT2D eigenvalue weighted by Gasteiger charge is 2.18. The van der Waals surface area contributed by atoms with Crippen molar-refractivity contribution < 1.29 is 9.53 Å². The first-order valence-electron chi connectivity index (χ1n) is 4.32. The van der Waals surface area contributed by atoms with Gasteiger partial charge in [-0.05, 0) is 18.1 Å². The van der Waals surface area contributed by atoms with Gasteiger partial charge in [-0.1, -0.05) is 12.1 Å². The largest absolute Gasteiger partial charge is 0.465 e. The zero-order valence-electron chi connectivity index (χ0n) is 8.50. The van der Waals surface area contributed by atoms with Gasteiger partial charge in [-0.3, -0.25) is 0 Å². The highest BCUT2D eigenvalue weighted by Crippen LogP contribution is 2.20. The minimum atomic E-state index is -0.522. The maximum Gasteiger partial charge on any atom is 0.339 e. The molecule has 0 aromatic heterocycles. The van der Waals surface area contributed by atoms with Gasteiger partial charge in [-0.15, -0.1) is 11.6 Å². The van der Waals surface area contributed by atoms with Crippen molar-refractivity contribution in [3.63, 3.8) is 0 Å². The number of halogens is 1. The molecule has 0 amide bonds. The van der Waals surface area contributed by atoms with E-state index >= 15 is 0 Å². The predicted octanol–water partition coefficient (Wildman–Crippen LogP) is 2.39. The lowest BCUT2D eigenvalue weighted by Crippen LogP contribution is -2.09. The number of methoxy groups -OCH3 is 1. The van der Waals surface area contributed by atoms with Gasteiger partial charge < -0.3 is 4.74 Å². The highest BCUT2D eigenvalue weighted by atomic mass is 35.5. The normalized spacial score (nSPS) is 9.47. The van der Waals surface area contributed by atoms with E-state index in [1.165, 1.54) is 7.11 Å². The van der Waals surface area contributed by atoms with Crippen LogP contribution in [0, 0.1) is 18.3 Å². The summed E-state index contributed by atoms with van der Waals surface area (Å²) in [5, 5.41) is 8.96. The first kappa shape index (κ1) is 11.5. The van der Waals surface area contributed by atoms with Crippen molar-refractivity contribution in [3.05, 3.63) is 34.4 Å². The SMILES string of the molecule is COC(=O)c1c(CCl)ccc(C)c1C#N. The monoisotopic (exact) mass is 223 g/mol. The van der Waals surface area contributed by atoms with Crippen molar-refractivity contribution in [1.82, 2.24) is 0 Å². The number of nitrogens with zero attached hydrogens (tertiary/aromatic N) is 1. The van der Waals surface area contributed by atoms with E-state index in [1.807, 2.05) is 6.07 Å². The van der Waals surface area contributed by atoms with Crippen LogP contribution in [-0.4, -0.2) is 13.1 Å². The Hall–Kier alpha value is -1.53. The first-order chi connectivity index (χ1) is 7.15. The molecule has 1 aromatic carbocycles. The molecule has 0 heterocycles. The number of alkyl halides is 1. The number of nitriles is 1. The van der Waals surface area contributed by atoms with Crippen LogP contribution in [0.1, 0.15) is 27.0 Å². The number of ether oxygens (including phenoxy) is 1.